The van der Waals surface area contributed by atoms with Crippen LogP contribution in [0.15, 0.2) is 48.5 Å². The molecule has 2 aromatic rings. The molecule has 0 fully saturated rings. The van der Waals surface area contributed by atoms with E-state index in [0.717, 1.165) is 0 Å². The molecule has 0 radical (unpaired) electrons. The maximum Gasteiger partial charge on any atom is 0.127 e. The second-order valence-corrected chi connectivity index (χ2v) is 4.34. The number of hydrogen-bond donors (Lipinski definition) is 2. The van der Waals surface area contributed by atoms with Gasteiger partial charge in [0.2, 0.25) is 0 Å². The van der Waals surface area contributed by atoms with Crippen LogP contribution in [0, 0.1) is 11.6 Å². The van der Waals surface area contributed by atoms with Crippen LogP contribution < -0.4 is 11.3 Å². The number of hydrogen-bond acceptors (Lipinski definition) is 2. The maximum atomic E-state index is 13.9. The van der Waals surface area contributed by atoms with Gasteiger partial charge in [-0.3, -0.25) is 11.3 Å². The second-order valence-electron chi connectivity index (χ2n) is 4.34. The fourth-order valence-corrected chi connectivity index (χ4v) is 2.22. The number of hydrazine groups is 1. The zero-order valence-electron chi connectivity index (χ0n) is 10.4. The Morgan fingerprint density at radius 1 is 0.895 bits per heavy atom. The summed E-state index contributed by atoms with van der Waals surface area (Å²) in [7, 11) is 0. The van der Waals surface area contributed by atoms with Gasteiger partial charge in [0.25, 0.3) is 0 Å². The van der Waals surface area contributed by atoms with Crippen molar-refractivity contribution in [3.63, 3.8) is 0 Å². The first-order valence-corrected chi connectivity index (χ1v) is 6.16. The van der Waals surface area contributed by atoms with Crippen LogP contribution in [0.1, 0.15) is 23.5 Å². The molecule has 0 unspecified atom stereocenters. The lowest BCUT2D eigenvalue weighted by Crippen LogP contribution is -2.25. The highest BCUT2D eigenvalue weighted by Gasteiger charge is 2.20. The van der Waals surface area contributed by atoms with Gasteiger partial charge in [-0.1, -0.05) is 36.4 Å². The molecule has 19 heavy (non-hydrogen) atoms. The molecule has 0 saturated heterocycles. The third kappa shape index (κ3) is 3.16. The van der Waals surface area contributed by atoms with E-state index in [-0.39, 0.29) is 17.6 Å². The summed E-state index contributed by atoms with van der Waals surface area (Å²) in [5.41, 5.74) is 3.51. The van der Waals surface area contributed by atoms with Crippen molar-refractivity contribution in [2.45, 2.75) is 12.3 Å². The zero-order valence-corrected chi connectivity index (χ0v) is 10.4. The van der Waals surface area contributed by atoms with Crippen molar-refractivity contribution in [3.8, 4) is 0 Å². The molecular weight excluding hydrogens is 246 g/mol. The first-order chi connectivity index (χ1) is 9.24. The van der Waals surface area contributed by atoms with Crippen LogP contribution in [0.4, 0.5) is 8.78 Å². The molecule has 0 atom stereocenters. The van der Waals surface area contributed by atoms with Crippen molar-refractivity contribution >= 4 is 0 Å². The fraction of sp³-hybridized carbons (Fsp3) is 0.200. The topological polar surface area (TPSA) is 38.0 Å². The first-order valence-electron chi connectivity index (χ1n) is 6.16. The van der Waals surface area contributed by atoms with E-state index in [9.17, 15) is 8.78 Å². The van der Waals surface area contributed by atoms with Crippen molar-refractivity contribution in [2.75, 3.05) is 6.54 Å². The van der Waals surface area contributed by atoms with E-state index in [1.165, 1.54) is 12.1 Å². The average Bonchev–Trinajstić information content (AvgIpc) is 2.42. The minimum absolute atomic E-state index is 0.326. The molecule has 4 heteroatoms. The monoisotopic (exact) mass is 262 g/mol. The summed E-state index contributed by atoms with van der Waals surface area (Å²) in [6.45, 7) is 0.479. The lowest BCUT2D eigenvalue weighted by Gasteiger charge is -2.19. The Morgan fingerprint density at radius 2 is 1.37 bits per heavy atom. The van der Waals surface area contributed by atoms with Crippen LogP contribution in [0.5, 0.6) is 0 Å². The maximum absolute atomic E-state index is 13.9. The van der Waals surface area contributed by atoms with Gasteiger partial charge in [0.05, 0.1) is 0 Å². The van der Waals surface area contributed by atoms with Crippen molar-refractivity contribution in [3.05, 3.63) is 71.3 Å². The first kappa shape index (κ1) is 13.6. The van der Waals surface area contributed by atoms with Crippen molar-refractivity contribution in [1.29, 1.82) is 0 Å². The molecule has 0 aliphatic carbocycles. The fourth-order valence-electron chi connectivity index (χ4n) is 2.22. The van der Waals surface area contributed by atoms with Crippen LogP contribution in [0.25, 0.3) is 0 Å². The molecule has 0 saturated carbocycles. The van der Waals surface area contributed by atoms with Crippen LogP contribution in [-0.4, -0.2) is 6.54 Å². The van der Waals surface area contributed by atoms with Gasteiger partial charge < -0.3 is 0 Å². The smallest absolute Gasteiger partial charge is 0.127 e. The van der Waals surface area contributed by atoms with E-state index in [4.69, 9.17) is 5.84 Å². The number of benzene rings is 2. The Labute approximate surface area is 111 Å². The van der Waals surface area contributed by atoms with Gasteiger partial charge in [-0.2, -0.15) is 0 Å². The van der Waals surface area contributed by atoms with Crippen molar-refractivity contribution in [2.24, 2.45) is 5.84 Å². The summed E-state index contributed by atoms with van der Waals surface area (Å²) in [6, 6.07) is 12.9. The standard InChI is InChI=1S/C15H16F2N2/c16-14-7-3-1-5-12(14)11(9-10-19-18)13-6-2-4-8-15(13)17/h1-8,11,19H,9-10,18H2. The summed E-state index contributed by atoms with van der Waals surface area (Å²) in [6.07, 6.45) is 0.526. The van der Waals surface area contributed by atoms with Gasteiger partial charge in [0, 0.05) is 12.5 Å². The van der Waals surface area contributed by atoms with Gasteiger partial charge in [0.15, 0.2) is 0 Å². The number of nitrogens with one attached hydrogen (secondary N) is 1. The minimum Gasteiger partial charge on any atom is -0.271 e. The number of rotatable bonds is 5. The van der Waals surface area contributed by atoms with Crippen LogP contribution >= 0.6 is 0 Å². The molecular formula is C15H16F2N2. The molecule has 100 valence electrons. The van der Waals surface area contributed by atoms with E-state index >= 15 is 0 Å². The lowest BCUT2D eigenvalue weighted by molar-refractivity contribution is 0.545. The Balaban J connectivity index is 2.42. The summed E-state index contributed by atoms with van der Waals surface area (Å²) in [5, 5.41) is 0. The molecule has 3 N–H and O–H groups in total. The Hall–Kier alpha value is -1.78. The molecule has 2 nitrogen and oxygen atoms in total. The predicted molar refractivity (Wildman–Crippen MR) is 71.5 cm³/mol. The van der Waals surface area contributed by atoms with E-state index in [1.54, 1.807) is 36.4 Å². The molecule has 0 heterocycles. The molecule has 0 aromatic heterocycles. The van der Waals surface area contributed by atoms with Crippen molar-refractivity contribution < 1.29 is 8.78 Å². The third-order valence-electron chi connectivity index (χ3n) is 3.14. The van der Waals surface area contributed by atoms with Gasteiger partial charge in [0.1, 0.15) is 11.6 Å². The minimum atomic E-state index is -0.349. The summed E-state index contributed by atoms with van der Waals surface area (Å²) in [4.78, 5) is 0. The van der Waals surface area contributed by atoms with Gasteiger partial charge in [-0.25, -0.2) is 8.78 Å². The van der Waals surface area contributed by atoms with Crippen LogP contribution in [0.3, 0.4) is 0 Å². The Morgan fingerprint density at radius 3 is 1.79 bits per heavy atom. The lowest BCUT2D eigenvalue weighted by atomic mass is 9.88. The summed E-state index contributed by atoms with van der Waals surface area (Å²) >= 11 is 0. The molecule has 0 spiro atoms. The quantitative estimate of drug-likeness (QED) is 0.642. The third-order valence-corrected chi connectivity index (χ3v) is 3.14. The van der Waals surface area contributed by atoms with E-state index in [0.29, 0.717) is 24.1 Å². The van der Waals surface area contributed by atoms with Gasteiger partial charge in [-0.05, 0) is 29.7 Å². The Bertz CT molecular complexity index is 498. The van der Waals surface area contributed by atoms with Gasteiger partial charge >= 0.3 is 0 Å². The molecule has 0 aliphatic rings. The molecule has 0 bridgehead atoms. The highest BCUT2D eigenvalue weighted by Crippen LogP contribution is 2.31. The molecule has 2 aromatic carbocycles. The van der Waals surface area contributed by atoms with Gasteiger partial charge in [-0.15, -0.1) is 0 Å². The summed E-state index contributed by atoms with van der Waals surface area (Å²) < 4.78 is 27.8. The largest absolute Gasteiger partial charge is 0.271 e. The second kappa shape index (κ2) is 6.41. The average molecular weight is 262 g/mol. The number of nitrogens with two attached hydrogens (primary N) is 1. The summed E-state index contributed by atoms with van der Waals surface area (Å²) in [5.74, 6) is 4.27. The SMILES string of the molecule is NNCCC(c1ccccc1F)c1ccccc1F. The van der Waals surface area contributed by atoms with Crippen LogP contribution in [-0.2, 0) is 0 Å². The number of halogens is 2. The molecule has 0 aliphatic heterocycles. The highest BCUT2D eigenvalue weighted by atomic mass is 19.1. The predicted octanol–water partition coefficient (Wildman–Crippen LogP) is 2.95. The highest BCUT2D eigenvalue weighted by molar-refractivity contribution is 5.34. The molecule has 0 amide bonds. The van der Waals surface area contributed by atoms with Crippen LogP contribution in [0.2, 0.25) is 0 Å². The molecule has 2 rings (SSSR count). The van der Waals surface area contributed by atoms with E-state index in [2.05, 4.69) is 5.43 Å². The van der Waals surface area contributed by atoms with Crippen molar-refractivity contribution in [1.82, 2.24) is 5.43 Å². The Kier molecular flexibility index (Phi) is 4.60. The zero-order chi connectivity index (χ0) is 13.7. The normalized spacial score (nSPS) is 10.9. The van der Waals surface area contributed by atoms with E-state index < -0.39 is 0 Å². The van der Waals surface area contributed by atoms with E-state index in [1.807, 2.05) is 0 Å².